The molecule has 0 aromatic heterocycles. The maximum atomic E-state index is 11.5. The normalized spacial score (nSPS) is 18.1. The molecule has 0 radical (unpaired) electrons. The van der Waals surface area contributed by atoms with Crippen LogP contribution in [0.1, 0.15) is 12.5 Å². The van der Waals surface area contributed by atoms with E-state index in [1.54, 1.807) is 0 Å². The second kappa shape index (κ2) is 9.54. The van der Waals surface area contributed by atoms with Gasteiger partial charge in [0.25, 0.3) is 0 Å². The van der Waals surface area contributed by atoms with Crippen molar-refractivity contribution in [1.29, 1.82) is 0 Å². The predicted molar refractivity (Wildman–Crippen MR) is 107 cm³/mol. The largest absolute Gasteiger partial charge is 0.357 e. The molecule has 0 spiro atoms. The highest BCUT2D eigenvalue weighted by Gasteiger charge is 2.20. The highest BCUT2D eigenvalue weighted by molar-refractivity contribution is 9.10. The van der Waals surface area contributed by atoms with Crippen LogP contribution in [-0.4, -0.2) is 75.5 Å². The minimum absolute atomic E-state index is 0.263. The summed E-state index contributed by atoms with van der Waals surface area (Å²) in [6.45, 7) is 6.28. The molecule has 1 aromatic carbocycles. The first-order chi connectivity index (χ1) is 11.9. The van der Waals surface area contributed by atoms with E-state index in [9.17, 15) is 8.42 Å². The standard InChI is InChI=1S/C17H27BrN4O2S/c1-3-19-17(21(2)14-15-6-4-5-7-16(15)18)20-8-9-22-10-12-25(23,24)13-11-22/h4-7H,3,8-14H2,1-2H3,(H,19,20). The van der Waals surface area contributed by atoms with Gasteiger partial charge in [-0.25, -0.2) is 8.42 Å². The molecule has 2 rings (SSSR count). The van der Waals surface area contributed by atoms with Crippen molar-refractivity contribution in [2.75, 3.05) is 51.3 Å². The Morgan fingerprint density at radius 1 is 1.32 bits per heavy atom. The second-order valence-corrected chi connectivity index (χ2v) is 9.33. The Balaban J connectivity index is 1.90. The zero-order chi connectivity index (χ0) is 18.3. The SMILES string of the molecule is CCNC(=NCCN1CCS(=O)(=O)CC1)N(C)Cc1ccccc1Br. The lowest BCUT2D eigenvalue weighted by Crippen LogP contribution is -2.42. The third-order valence-electron chi connectivity index (χ3n) is 4.18. The minimum atomic E-state index is -2.82. The van der Waals surface area contributed by atoms with Crippen LogP contribution in [0.15, 0.2) is 33.7 Å². The van der Waals surface area contributed by atoms with Crippen molar-refractivity contribution in [1.82, 2.24) is 15.1 Å². The van der Waals surface area contributed by atoms with Crippen molar-refractivity contribution < 1.29 is 8.42 Å². The molecule has 0 saturated carbocycles. The van der Waals surface area contributed by atoms with E-state index in [0.29, 0.717) is 19.6 Å². The number of sulfone groups is 1. The van der Waals surface area contributed by atoms with Gasteiger partial charge in [0.15, 0.2) is 15.8 Å². The molecule has 0 amide bonds. The third kappa shape index (κ3) is 6.60. The maximum Gasteiger partial charge on any atom is 0.194 e. The van der Waals surface area contributed by atoms with Gasteiger partial charge in [0.2, 0.25) is 0 Å². The molecule has 1 fully saturated rings. The molecule has 25 heavy (non-hydrogen) atoms. The molecule has 1 saturated heterocycles. The summed E-state index contributed by atoms with van der Waals surface area (Å²) in [5, 5.41) is 3.32. The van der Waals surface area contributed by atoms with Gasteiger partial charge >= 0.3 is 0 Å². The average molecular weight is 431 g/mol. The van der Waals surface area contributed by atoms with Crippen molar-refractivity contribution in [3.8, 4) is 0 Å². The van der Waals surface area contributed by atoms with Crippen LogP contribution in [0.2, 0.25) is 0 Å². The fourth-order valence-corrected chi connectivity index (χ4v) is 4.38. The summed E-state index contributed by atoms with van der Waals surface area (Å²) in [6.07, 6.45) is 0. The van der Waals surface area contributed by atoms with Crippen LogP contribution in [-0.2, 0) is 16.4 Å². The Morgan fingerprint density at radius 3 is 2.64 bits per heavy atom. The molecule has 1 N–H and O–H groups in total. The minimum Gasteiger partial charge on any atom is -0.357 e. The van der Waals surface area contributed by atoms with Crippen LogP contribution in [0, 0.1) is 0 Å². The zero-order valence-electron chi connectivity index (χ0n) is 14.9. The molecule has 1 aromatic rings. The smallest absolute Gasteiger partial charge is 0.194 e. The molecule has 0 unspecified atom stereocenters. The summed E-state index contributed by atoms with van der Waals surface area (Å²) in [6, 6.07) is 8.17. The summed E-state index contributed by atoms with van der Waals surface area (Å²) >= 11 is 3.58. The van der Waals surface area contributed by atoms with Crippen molar-refractivity contribution in [2.24, 2.45) is 4.99 Å². The number of nitrogens with one attached hydrogen (secondary N) is 1. The summed E-state index contributed by atoms with van der Waals surface area (Å²) in [4.78, 5) is 8.96. The number of benzene rings is 1. The van der Waals surface area contributed by atoms with Gasteiger partial charge in [-0.05, 0) is 18.6 Å². The Labute approximate surface area is 159 Å². The fourth-order valence-electron chi connectivity index (χ4n) is 2.70. The van der Waals surface area contributed by atoms with E-state index in [2.05, 4.69) is 44.0 Å². The van der Waals surface area contributed by atoms with Crippen LogP contribution in [0.5, 0.6) is 0 Å². The van der Waals surface area contributed by atoms with Gasteiger partial charge in [-0.2, -0.15) is 0 Å². The lowest BCUT2D eigenvalue weighted by molar-refractivity contribution is 0.303. The first kappa shape index (κ1) is 20.2. The monoisotopic (exact) mass is 430 g/mol. The molecular weight excluding hydrogens is 404 g/mol. The summed E-state index contributed by atoms with van der Waals surface area (Å²) in [7, 11) is -0.798. The van der Waals surface area contributed by atoms with E-state index in [1.807, 2.05) is 25.2 Å². The number of nitrogens with zero attached hydrogens (tertiary/aromatic N) is 3. The molecular formula is C17H27BrN4O2S. The van der Waals surface area contributed by atoms with Crippen molar-refractivity contribution in [2.45, 2.75) is 13.5 Å². The molecule has 1 aliphatic heterocycles. The average Bonchev–Trinajstić information content (AvgIpc) is 2.57. The van der Waals surface area contributed by atoms with Crippen LogP contribution < -0.4 is 5.32 Å². The Bertz CT molecular complexity index is 680. The lowest BCUT2D eigenvalue weighted by atomic mass is 10.2. The van der Waals surface area contributed by atoms with Crippen LogP contribution in [0.3, 0.4) is 0 Å². The summed E-state index contributed by atoms with van der Waals surface area (Å²) in [5.41, 5.74) is 1.21. The van der Waals surface area contributed by atoms with Gasteiger partial charge < -0.3 is 10.2 Å². The summed E-state index contributed by atoms with van der Waals surface area (Å²) < 4.78 is 24.0. The number of aliphatic imine (C=N–C) groups is 1. The van der Waals surface area contributed by atoms with Crippen LogP contribution in [0.4, 0.5) is 0 Å². The number of rotatable bonds is 6. The van der Waals surface area contributed by atoms with Gasteiger partial charge in [-0.3, -0.25) is 9.89 Å². The van der Waals surface area contributed by atoms with Crippen molar-refractivity contribution >= 4 is 31.7 Å². The number of hydrogen-bond acceptors (Lipinski definition) is 4. The summed E-state index contributed by atoms with van der Waals surface area (Å²) in [5.74, 6) is 1.39. The molecule has 8 heteroatoms. The van der Waals surface area contributed by atoms with Crippen molar-refractivity contribution in [3.63, 3.8) is 0 Å². The zero-order valence-corrected chi connectivity index (χ0v) is 17.3. The van der Waals surface area contributed by atoms with E-state index < -0.39 is 9.84 Å². The molecule has 1 heterocycles. The van der Waals surface area contributed by atoms with E-state index in [0.717, 1.165) is 30.1 Å². The van der Waals surface area contributed by atoms with E-state index >= 15 is 0 Å². The quantitative estimate of drug-likeness (QED) is 0.548. The molecule has 0 aliphatic carbocycles. The van der Waals surface area contributed by atoms with E-state index in [-0.39, 0.29) is 11.5 Å². The van der Waals surface area contributed by atoms with E-state index in [1.165, 1.54) is 5.56 Å². The van der Waals surface area contributed by atoms with E-state index in [4.69, 9.17) is 4.99 Å². The van der Waals surface area contributed by atoms with Gasteiger partial charge in [0, 0.05) is 44.2 Å². The number of halogens is 1. The maximum absolute atomic E-state index is 11.5. The predicted octanol–water partition coefficient (Wildman–Crippen LogP) is 1.58. The Kier molecular flexibility index (Phi) is 7.71. The van der Waals surface area contributed by atoms with Gasteiger partial charge in [-0.1, -0.05) is 34.1 Å². The molecule has 1 aliphatic rings. The van der Waals surface area contributed by atoms with Gasteiger partial charge in [-0.15, -0.1) is 0 Å². The fraction of sp³-hybridized carbons (Fsp3) is 0.588. The van der Waals surface area contributed by atoms with Crippen LogP contribution in [0.25, 0.3) is 0 Å². The second-order valence-electron chi connectivity index (χ2n) is 6.18. The van der Waals surface area contributed by atoms with Crippen LogP contribution >= 0.6 is 15.9 Å². The lowest BCUT2D eigenvalue weighted by Gasteiger charge is -2.26. The molecule has 140 valence electrons. The first-order valence-electron chi connectivity index (χ1n) is 8.57. The number of guanidine groups is 1. The molecule has 6 nitrogen and oxygen atoms in total. The first-order valence-corrected chi connectivity index (χ1v) is 11.2. The molecule has 0 atom stereocenters. The van der Waals surface area contributed by atoms with Crippen molar-refractivity contribution in [3.05, 3.63) is 34.3 Å². The Morgan fingerprint density at radius 2 is 2.00 bits per heavy atom. The highest BCUT2D eigenvalue weighted by atomic mass is 79.9. The third-order valence-corrected chi connectivity index (χ3v) is 6.56. The van der Waals surface area contributed by atoms with Gasteiger partial charge in [0.05, 0.1) is 18.1 Å². The van der Waals surface area contributed by atoms with Gasteiger partial charge in [0.1, 0.15) is 0 Å². The number of hydrogen-bond donors (Lipinski definition) is 1. The topological polar surface area (TPSA) is 65.0 Å². The highest BCUT2D eigenvalue weighted by Crippen LogP contribution is 2.17. The molecule has 0 bridgehead atoms. The Hall–Kier alpha value is -1.12.